The van der Waals surface area contributed by atoms with Crippen LogP contribution in [0.15, 0.2) is 54.6 Å². The third-order valence-electron chi connectivity index (χ3n) is 6.32. The minimum Gasteiger partial charge on any atom is -0.335 e. The Hall–Kier alpha value is -2.92. The third kappa shape index (κ3) is 3.65. The molecule has 0 atom stereocenters. The Morgan fingerprint density at radius 3 is 2.40 bits per heavy atom. The smallest absolute Gasteiger partial charge is 0.274 e. The van der Waals surface area contributed by atoms with E-state index in [1.165, 1.54) is 16.8 Å². The molecule has 5 rings (SSSR count). The van der Waals surface area contributed by atoms with Crippen molar-refractivity contribution in [2.45, 2.75) is 32.7 Å². The van der Waals surface area contributed by atoms with E-state index in [4.69, 9.17) is 5.10 Å². The van der Waals surface area contributed by atoms with E-state index in [1.54, 1.807) is 0 Å². The van der Waals surface area contributed by atoms with Crippen LogP contribution in [0.1, 0.15) is 39.3 Å². The van der Waals surface area contributed by atoms with Crippen LogP contribution in [-0.2, 0) is 19.4 Å². The molecule has 0 saturated carbocycles. The van der Waals surface area contributed by atoms with Crippen LogP contribution in [0.5, 0.6) is 0 Å². The minimum absolute atomic E-state index is 0.0957. The van der Waals surface area contributed by atoms with Gasteiger partial charge in [-0.1, -0.05) is 48.0 Å². The van der Waals surface area contributed by atoms with Crippen molar-refractivity contribution in [3.63, 3.8) is 0 Å². The molecule has 0 N–H and O–H groups in total. The lowest BCUT2D eigenvalue weighted by atomic mass is 10.1. The monoisotopic (exact) mass is 400 g/mol. The Kier molecular flexibility index (Phi) is 5.13. The van der Waals surface area contributed by atoms with Crippen molar-refractivity contribution in [3.05, 3.63) is 82.7 Å². The van der Waals surface area contributed by atoms with Crippen LogP contribution in [0, 0.1) is 6.92 Å². The summed E-state index contributed by atoms with van der Waals surface area (Å²) < 4.78 is 2.00. The number of hydrogen-bond acceptors (Lipinski definition) is 3. The average molecular weight is 401 g/mol. The standard InChI is InChI=1S/C25H28N4O/c1-19-10-12-21(13-11-19)29-23-9-5-8-22(23)24(26-29)25(30)28-16-14-27(15-17-28)18-20-6-3-2-4-7-20/h2-4,6-7,10-13H,5,8-9,14-18H2,1H3. The maximum atomic E-state index is 13.4. The van der Waals surface area contributed by atoms with Crippen LogP contribution in [0.4, 0.5) is 0 Å². The SMILES string of the molecule is Cc1ccc(-n2nc(C(=O)N3CCN(Cc4ccccc4)CC3)c3c2CCC3)cc1. The molecule has 1 aliphatic heterocycles. The molecule has 1 saturated heterocycles. The fourth-order valence-electron chi connectivity index (χ4n) is 4.61. The molecule has 154 valence electrons. The summed E-state index contributed by atoms with van der Waals surface area (Å²) in [7, 11) is 0. The topological polar surface area (TPSA) is 41.4 Å². The number of hydrogen-bond donors (Lipinski definition) is 0. The first-order valence-corrected chi connectivity index (χ1v) is 10.9. The third-order valence-corrected chi connectivity index (χ3v) is 6.32. The number of rotatable bonds is 4. The summed E-state index contributed by atoms with van der Waals surface area (Å²) in [5.41, 5.74) is 6.64. The zero-order valence-electron chi connectivity index (χ0n) is 17.6. The Balaban J connectivity index is 1.31. The molecular formula is C25H28N4O. The van der Waals surface area contributed by atoms with E-state index in [0.29, 0.717) is 5.69 Å². The summed E-state index contributed by atoms with van der Waals surface area (Å²) in [6.07, 6.45) is 3.05. The zero-order chi connectivity index (χ0) is 20.5. The van der Waals surface area contributed by atoms with Crippen LogP contribution in [0.3, 0.4) is 0 Å². The molecule has 1 fully saturated rings. The summed E-state index contributed by atoms with van der Waals surface area (Å²) in [6.45, 7) is 6.36. The molecular weight excluding hydrogens is 372 g/mol. The number of aryl methyl sites for hydroxylation is 1. The number of carbonyl (C=O) groups is 1. The fourth-order valence-corrected chi connectivity index (χ4v) is 4.61. The van der Waals surface area contributed by atoms with Crippen LogP contribution < -0.4 is 0 Å². The molecule has 2 heterocycles. The molecule has 3 aromatic rings. The van der Waals surface area contributed by atoms with Gasteiger partial charge >= 0.3 is 0 Å². The lowest BCUT2D eigenvalue weighted by Gasteiger charge is -2.34. The second-order valence-electron chi connectivity index (χ2n) is 8.43. The van der Waals surface area contributed by atoms with E-state index in [1.807, 2.05) is 15.6 Å². The van der Waals surface area contributed by atoms with Gasteiger partial charge in [0, 0.05) is 44.0 Å². The molecule has 5 heteroatoms. The first-order valence-electron chi connectivity index (χ1n) is 10.9. The normalized spacial score (nSPS) is 16.6. The Morgan fingerprint density at radius 1 is 0.933 bits per heavy atom. The predicted octanol–water partition coefficient (Wildman–Crippen LogP) is 3.63. The highest BCUT2D eigenvalue weighted by Gasteiger charge is 2.31. The maximum absolute atomic E-state index is 13.4. The summed E-state index contributed by atoms with van der Waals surface area (Å²) in [4.78, 5) is 17.8. The van der Waals surface area contributed by atoms with Crippen molar-refractivity contribution < 1.29 is 4.79 Å². The van der Waals surface area contributed by atoms with Gasteiger partial charge in [0.05, 0.1) is 5.69 Å². The highest BCUT2D eigenvalue weighted by molar-refractivity contribution is 5.94. The number of fused-ring (bicyclic) bond motifs is 1. The van der Waals surface area contributed by atoms with Gasteiger partial charge in [-0.15, -0.1) is 0 Å². The molecule has 5 nitrogen and oxygen atoms in total. The number of aromatic nitrogens is 2. The van der Waals surface area contributed by atoms with Crippen LogP contribution in [0.2, 0.25) is 0 Å². The van der Waals surface area contributed by atoms with Gasteiger partial charge in [-0.3, -0.25) is 9.69 Å². The Labute approximate surface area is 177 Å². The number of piperazine rings is 1. The molecule has 0 radical (unpaired) electrons. The first-order chi connectivity index (χ1) is 14.7. The molecule has 1 aliphatic carbocycles. The van der Waals surface area contributed by atoms with E-state index < -0.39 is 0 Å². The zero-order valence-corrected chi connectivity index (χ0v) is 17.6. The highest BCUT2D eigenvalue weighted by Crippen LogP contribution is 2.29. The molecule has 1 aromatic heterocycles. The van der Waals surface area contributed by atoms with E-state index in [-0.39, 0.29) is 5.91 Å². The van der Waals surface area contributed by atoms with Crippen molar-refractivity contribution in [1.29, 1.82) is 0 Å². The summed E-state index contributed by atoms with van der Waals surface area (Å²) in [5.74, 6) is 0.0957. The van der Waals surface area contributed by atoms with Gasteiger partial charge in [0.25, 0.3) is 5.91 Å². The average Bonchev–Trinajstić information content (AvgIpc) is 3.38. The van der Waals surface area contributed by atoms with Gasteiger partial charge < -0.3 is 4.90 Å². The van der Waals surface area contributed by atoms with Crippen molar-refractivity contribution in [1.82, 2.24) is 19.6 Å². The maximum Gasteiger partial charge on any atom is 0.274 e. The van der Waals surface area contributed by atoms with Crippen LogP contribution >= 0.6 is 0 Å². The van der Waals surface area contributed by atoms with E-state index in [9.17, 15) is 4.79 Å². The minimum atomic E-state index is 0.0957. The van der Waals surface area contributed by atoms with E-state index >= 15 is 0 Å². The van der Waals surface area contributed by atoms with E-state index in [0.717, 1.165) is 63.2 Å². The molecule has 1 amide bonds. The van der Waals surface area contributed by atoms with Gasteiger partial charge in [0.15, 0.2) is 5.69 Å². The second kappa shape index (κ2) is 8.07. The summed E-state index contributed by atoms with van der Waals surface area (Å²) >= 11 is 0. The lowest BCUT2D eigenvalue weighted by Crippen LogP contribution is -2.48. The molecule has 0 unspecified atom stereocenters. The second-order valence-corrected chi connectivity index (χ2v) is 8.43. The highest BCUT2D eigenvalue weighted by atomic mass is 16.2. The number of amides is 1. The molecule has 0 bridgehead atoms. The molecule has 2 aromatic carbocycles. The van der Waals surface area contributed by atoms with Gasteiger partial charge in [-0.05, 0) is 43.9 Å². The van der Waals surface area contributed by atoms with Crippen molar-refractivity contribution >= 4 is 5.91 Å². The predicted molar refractivity (Wildman–Crippen MR) is 118 cm³/mol. The van der Waals surface area contributed by atoms with Gasteiger partial charge in [-0.25, -0.2) is 4.68 Å². The Bertz CT molecular complexity index is 1030. The van der Waals surface area contributed by atoms with Gasteiger partial charge in [-0.2, -0.15) is 5.10 Å². The Morgan fingerprint density at radius 2 is 1.67 bits per heavy atom. The number of benzene rings is 2. The first kappa shape index (κ1) is 19.1. The summed E-state index contributed by atoms with van der Waals surface area (Å²) in [5, 5.41) is 4.81. The largest absolute Gasteiger partial charge is 0.335 e. The molecule has 2 aliphatic rings. The molecule has 0 spiro atoms. The number of carbonyl (C=O) groups excluding carboxylic acids is 1. The van der Waals surface area contributed by atoms with Crippen molar-refractivity contribution in [2.24, 2.45) is 0 Å². The van der Waals surface area contributed by atoms with Gasteiger partial charge in [0.2, 0.25) is 0 Å². The fraction of sp³-hybridized carbons (Fsp3) is 0.360. The van der Waals surface area contributed by atoms with Crippen molar-refractivity contribution in [3.8, 4) is 5.69 Å². The van der Waals surface area contributed by atoms with Crippen LogP contribution in [-0.4, -0.2) is 51.7 Å². The van der Waals surface area contributed by atoms with Crippen molar-refractivity contribution in [2.75, 3.05) is 26.2 Å². The van der Waals surface area contributed by atoms with Crippen LogP contribution in [0.25, 0.3) is 5.69 Å². The number of nitrogens with zero attached hydrogens (tertiary/aromatic N) is 4. The lowest BCUT2D eigenvalue weighted by molar-refractivity contribution is 0.0621. The summed E-state index contributed by atoms with van der Waals surface area (Å²) in [6, 6.07) is 18.9. The molecule has 30 heavy (non-hydrogen) atoms. The van der Waals surface area contributed by atoms with Gasteiger partial charge in [0.1, 0.15) is 0 Å². The quantitative estimate of drug-likeness (QED) is 0.672. The van der Waals surface area contributed by atoms with E-state index in [2.05, 4.69) is 60.4 Å².